The van der Waals surface area contributed by atoms with E-state index < -0.39 is 0 Å². The Hall–Kier alpha value is -2.87. The molecule has 6 rings (SSSR count). The molecule has 0 unspecified atom stereocenters. The molecule has 3 aromatic rings. The molecule has 0 saturated heterocycles. The molecule has 0 N–H and O–H groups in total. The standard InChI is InChI=1S/C24H20O2/c1-26-24(25)23-20(15-9-3-2-4-10-15)21-16-11-5-7-13-18(16)22(23)19-14-8-6-12-17(19)21/h2-14,20-23H,1H3/t20-,21?,22?,23-/m0/s1. The second kappa shape index (κ2) is 5.84. The molecule has 0 amide bonds. The largest absolute Gasteiger partial charge is 0.469 e. The number of esters is 1. The van der Waals surface area contributed by atoms with Crippen molar-refractivity contribution in [2.75, 3.05) is 7.11 Å². The molecule has 2 bridgehead atoms. The molecular weight excluding hydrogens is 320 g/mol. The lowest BCUT2D eigenvalue weighted by Crippen LogP contribution is -2.42. The van der Waals surface area contributed by atoms with Crippen molar-refractivity contribution >= 4 is 5.97 Å². The highest BCUT2D eigenvalue weighted by atomic mass is 16.5. The van der Waals surface area contributed by atoms with Gasteiger partial charge in [0.25, 0.3) is 0 Å². The van der Waals surface area contributed by atoms with Gasteiger partial charge in [-0.15, -0.1) is 0 Å². The number of fused-ring (bicyclic) bond motifs is 1. The van der Waals surface area contributed by atoms with Gasteiger partial charge in [-0.1, -0.05) is 78.9 Å². The molecule has 2 nitrogen and oxygen atoms in total. The van der Waals surface area contributed by atoms with Gasteiger partial charge in [-0.2, -0.15) is 0 Å². The third-order valence-electron chi connectivity index (χ3n) is 6.10. The third-order valence-corrected chi connectivity index (χ3v) is 6.10. The number of methoxy groups -OCH3 is 1. The lowest BCUT2D eigenvalue weighted by atomic mass is 9.53. The maximum Gasteiger partial charge on any atom is 0.310 e. The van der Waals surface area contributed by atoms with E-state index in [0.29, 0.717) is 0 Å². The van der Waals surface area contributed by atoms with Gasteiger partial charge in [0, 0.05) is 17.8 Å². The highest BCUT2D eigenvalue weighted by Gasteiger charge is 2.53. The first-order valence-corrected chi connectivity index (χ1v) is 9.11. The summed E-state index contributed by atoms with van der Waals surface area (Å²) in [5.41, 5.74) is 6.47. The Morgan fingerprint density at radius 3 is 1.65 bits per heavy atom. The summed E-state index contributed by atoms with van der Waals surface area (Å²) in [4.78, 5) is 12.9. The van der Waals surface area contributed by atoms with Gasteiger partial charge >= 0.3 is 5.97 Å². The van der Waals surface area contributed by atoms with Gasteiger partial charge in [0.05, 0.1) is 13.0 Å². The van der Waals surface area contributed by atoms with Crippen LogP contribution in [0.2, 0.25) is 0 Å². The van der Waals surface area contributed by atoms with Crippen LogP contribution in [0.4, 0.5) is 0 Å². The Kier molecular flexibility index (Phi) is 3.46. The van der Waals surface area contributed by atoms with Crippen molar-refractivity contribution in [2.45, 2.75) is 17.8 Å². The molecule has 0 heterocycles. The summed E-state index contributed by atoms with van der Waals surface area (Å²) >= 11 is 0. The first-order valence-electron chi connectivity index (χ1n) is 9.11. The summed E-state index contributed by atoms with van der Waals surface area (Å²) < 4.78 is 5.29. The lowest BCUT2D eigenvalue weighted by Gasteiger charge is -2.49. The lowest BCUT2D eigenvalue weighted by molar-refractivity contribution is -0.147. The van der Waals surface area contributed by atoms with E-state index in [-0.39, 0.29) is 29.6 Å². The van der Waals surface area contributed by atoms with Crippen molar-refractivity contribution in [1.82, 2.24) is 0 Å². The van der Waals surface area contributed by atoms with Crippen LogP contribution in [0, 0.1) is 5.92 Å². The zero-order valence-electron chi connectivity index (χ0n) is 14.6. The number of carbonyl (C=O) groups is 1. The molecule has 3 aliphatic rings. The topological polar surface area (TPSA) is 26.3 Å². The van der Waals surface area contributed by atoms with Gasteiger partial charge in [0.1, 0.15) is 0 Å². The molecule has 3 aromatic carbocycles. The average molecular weight is 340 g/mol. The van der Waals surface area contributed by atoms with Crippen molar-refractivity contribution in [3.8, 4) is 0 Å². The summed E-state index contributed by atoms with van der Waals surface area (Å²) in [6.07, 6.45) is 0. The van der Waals surface area contributed by atoms with Crippen LogP contribution in [0.3, 0.4) is 0 Å². The first kappa shape index (κ1) is 15.4. The van der Waals surface area contributed by atoms with Gasteiger partial charge < -0.3 is 4.74 Å². The number of benzene rings is 3. The van der Waals surface area contributed by atoms with E-state index in [0.717, 1.165) is 0 Å². The molecule has 0 saturated carbocycles. The van der Waals surface area contributed by atoms with Crippen LogP contribution in [0.25, 0.3) is 0 Å². The minimum Gasteiger partial charge on any atom is -0.469 e. The van der Waals surface area contributed by atoms with E-state index in [2.05, 4.69) is 72.8 Å². The molecule has 2 atom stereocenters. The van der Waals surface area contributed by atoms with Crippen LogP contribution in [-0.4, -0.2) is 13.1 Å². The van der Waals surface area contributed by atoms with Crippen molar-refractivity contribution in [1.29, 1.82) is 0 Å². The van der Waals surface area contributed by atoms with E-state index in [1.807, 2.05) is 6.07 Å². The number of hydrogen-bond donors (Lipinski definition) is 0. The quantitative estimate of drug-likeness (QED) is 0.623. The Morgan fingerprint density at radius 1 is 0.692 bits per heavy atom. The number of rotatable bonds is 2. The summed E-state index contributed by atoms with van der Waals surface area (Å²) in [6.45, 7) is 0. The SMILES string of the molecule is COC(=O)[C@@H]1C2c3ccccc3C(c3ccccc32)[C@@H]1c1ccccc1. The molecule has 0 aromatic heterocycles. The fraction of sp³-hybridized carbons (Fsp3) is 0.208. The van der Waals surface area contributed by atoms with Crippen molar-refractivity contribution in [2.24, 2.45) is 5.92 Å². The summed E-state index contributed by atoms with van der Waals surface area (Å²) in [5, 5.41) is 0. The average Bonchev–Trinajstić information content (AvgIpc) is 2.73. The highest BCUT2D eigenvalue weighted by Crippen LogP contribution is 2.61. The van der Waals surface area contributed by atoms with Gasteiger partial charge in [0.15, 0.2) is 0 Å². The third kappa shape index (κ3) is 2.02. The van der Waals surface area contributed by atoms with Crippen LogP contribution in [0.15, 0.2) is 78.9 Å². The van der Waals surface area contributed by atoms with Gasteiger partial charge in [-0.3, -0.25) is 4.79 Å². The van der Waals surface area contributed by atoms with Crippen molar-refractivity contribution in [3.05, 3.63) is 107 Å². The summed E-state index contributed by atoms with van der Waals surface area (Å²) in [6, 6.07) is 27.6. The predicted molar refractivity (Wildman–Crippen MR) is 101 cm³/mol. The first-order chi connectivity index (χ1) is 12.8. The zero-order chi connectivity index (χ0) is 17.7. The molecule has 2 heteroatoms. The second-order valence-electron chi connectivity index (χ2n) is 7.20. The van der Waals surface area contributed by atoms with Gasteiger partial charge in [0.2, 0.25) is 0 Å². The minimum absolute atomic E-state index is 0.0463. The van der Waals surface area contributed by atoms with Crippen LogP contribution >= 0.6 is 0 Å². The van der Waals surface area contributed by atoms with E-state index in [9.17, 15) is 4.79 Å². The zero-order valence-corrected chi connectivity index (χ0v) is 14.6. The Morgan fingerprint density at radius 2 is 1.15 bits per heavy atom. The molecule has 26 heavy (non-hydrogen) atoms. The van der Waals surface area contributed by atoms with Gasteiger partial charge in [-0.25, -0.2) is 0 Å². The van der Waals surface area contributed by atoms with Crippen LogP contribution in [0.1, 0.15) is 45.6 Å². The molecule has 0 fully saturated rings. The Labute approximate surface area is 153 Å². The Balaban J connectivity index is 1.82. The number of carbonyl (C=O) groups excluding carboxylic acids is 1. The van der Waals surface area contributed by atoms with Crippen LogP contribution < -0.4 is 0 Å². The smallest absolute Gasteiger partial charge is 0.310 e. The molecule has 0 spiro atoms. The molecule has 0 aliphatic heterocycles. The summed E-state index contributed by atoms with van der Waals surface area (Å²) in [7, 11) is 1.50. The van der Waals surface area contributed by atoms with E-state index >= 15 is 0 Å². The molecule has 128 valence electrons. The number of ether oxygens (including phenoxy) is 1. The van der Waals surface area contributed by atoms with Crippen molar-refractivity contribution in [3.63, 3.8) is 0 Å². The normalized spacial score (nSPS) is 25.3. The predicted octanol–water partition coefficient (Wildman–Crippen LogP) is 4.85. The van der Waals surface area contributed by atoms with Crippen LogP contribution in [-0.2, 0) is 9.53 Å². The van der Waals surface area contributed by atoms with E-state index in [1.54, 1.807) is 0 Å². The monoisotopic (exact) mass is 340 g/mol. The maximum absolute atomic E-state index is 12.9. The Bertz CT molecular complexity index is 929. The highest BCUT2D eigenvalue weighted by molar-refractivity contribution is 5.79. The van der Waals surface area contributed by atoms with E-state index in [1.165, 1.54) is 34.9 Å². The fourth-order valence-corrected chi connectivity index (χ4v) is 5.17. The van der Waals surface area contributed by atoms with Crippen LogP contribution in [0.5, 0.6) is 0 Å². The fourth-order valence-electron chi connectivity index (χ4n) is 5.17. The van der Waals surface area contributed by atoms with Crippen molar-refractivity contribution < 1.29 is 9.53 Å². The molecular formula is C24H20O2. The molecule has 0 radical (unpaired) electrons. The number of hydrogen-bond acceptors (Lipinski definition) is 2. The molecule has 3 aliphatic carbocycles. The maximum atomic E-state index is 12.9. The minimum atomic E-state index is -0.197. The summed E-state index contributed by atoms with van der Waals surface area (Å²) in [5.74, 6) is 0.0115. The van der Waals surface area contributed by atoms with E-state index in [4.69, 9.17) is 4.74 Å². The van der Waals surface area contributed by atoms with Gasteiger partial charge in [-0.05, 0) is 27.8 Å². The second-order valence-corrected chi connectivity index (χ2v) is 7.20.